The molecule has 2 saturated heterocycles. The lowest BCUT2D eigenvalue weighted by Crippen LogP contribution is -2.42. The summed E-state index contributed by atoms with van der Waals surface area (Å²) in [6.07, 6.45) is 0.0762. The Morgan fingerprint density at radius 1 is 1.09 bits per heavy atom. The molecule has 4 rings (SSSR count). The van der Waals surface area contributed by atoms with Gasteiger partial charge in [-0.15, -0.1) is 0 Å². The second-order valence-electron chi connectivity index (χ2n) is 9.05. The molecule has 0 N–H and O–H groups in total. The van der Waals surface area contributed by atoms with E-state index in [1.807, 2.05) is 33.7 Å². The number of hydrogen-bond donors (Lipinski definition) is 0. The van der Waals surface area contributed by atoms with Crippen molar-refractivity contribution in [1.29, 1.82) is 0 Å². The van der Waals surface area contributed by atoms with Gasteiger partial charge in [-0.2, -0.15) is 18.3 Å². The van der Waals surface area contributed by atoms with Crippen LogP contribution in [0.4, 0.5) is 13.2 Å². The van der Waals surface area contributed by atoms with Gasteiger partial charge < -0.3 is 4.74 Å². The van der Waals surface area contributed by atoms with Crippen LogP contribution < -0.4 is 4.74 Å². The Morgan fingerprint density at radius 2 is 1.79 bits per heavy atom. The summed E-state index contributed by atoms with van der Waals surface area (Å²) in [5.74, 6) is 0.266. The number of aromatic nitrogens is 3. The van der Waals surface area contributed by atoms with Crippen molar-refractivity contribution in [3.05, 3.63) is 34.9 Å². The summed E-state index contributed by atoms with van der Waals surface area (Å²) < 4.78 is 49.3. The van der Waals surface area contributed by atoms with Gasteiger partial charge in [-0.05, 0) is 88.7 Å². The smallest absolute Gasteiger partial charge is 0.393 e. The first kappa shape index (κ1) is 24.2. The highest BCUT2D eigenvalue weighted by Gasteiger charge is 2.41. The monoisotopic (exact) mass is 483 g/mol. The number of ether oxygens (including phenoxy) is 1. The molecule has 0 aliphatic carbocycles. The molecule has 0 unspecified atom stereocenters. The Morgan fingerprint density at radius 3 is 2.42 bits per heavy atom. The third-order valence-corrected chi connectivity index (χ3v) is 7.20. The first-order valence-corrected chi connectivity index (χ1v) is 12.1. The van der Waals surface area contributed by atoms with E-state index >= 15 is 0 Å². The van der Waals surface area contributed by atoms with E-state index in [0.717, 1.165) is 43.2 Å². The molecule has 0 spiro atoms. The van der Waals surface area contributed by atoms with Crippen molar-refractivity contribution in [2.45, 2.75) is 57.9 Å². The van der Waals surface area contributed by atoms with Gasteiger partial charge in [0.25, 0.3) is 0 Å². The van der Waals surface area contributed by atoms with Gasteiger partial charge >= 0.3 is 6.18 Å². The summed E-state index contributed by atoms with van der Waals surface area (Å²) in [5, 5.41) is 4.86. The molecule has 2 aliphatic rings. The van der Waals surface area contributed by atoms with Crippen molar-refractivity contribution in [2.24, 2.45) is 5.92 Å². The van der Waals surface area contributed by atoms with Crippen LogP contribution in [0.5, 0.6) is 5.75 Å². The molecular weight excluding hydrogens is 451 g/mol. The molecule has 0 saturated carbocycles. The molecule has 2 atom stereocenters. The fourth-order valence-corrected chi connectivity index (χ4v) is 5.17. The maximum Gasteiger partial charge on any atom is 0.393 e. The topological polar surface area (TPSA) is 38.5 Å². The van der Waals surface area contributed by atoms with Crippen LogP contribution in [-0.4, -0.2) is 63.6 Å². The Kier molecular flexibility index (Phi) is 7.45. The van der Waals surface area contributed by atoms with Crippen molar-refractivity contribution in [3.63, 3.8) is 0 Å². The van der Waals surface area contributed by atoms with E-state index in [0.29, 0.717) is 17.7 Å². The minimum atomic E-state index is -4.17. The normalized spacial score (nSPS) is 21.8. The van der Waals surface area contributed by atoms with Crippen LogP contribution in [-0.2, 0) is 6.67 Å². The summed E-state index contributed by atoms with van der Waals surface area (Å²) in [7, 11) is 1.62. The van der Waals surface area contributed by atoms with E-state index in [2.05, 4.69) is 11.8 Å². The number of nitrogens with zero attached hydrogens (tertiary/aromatic N) is 5. The second-order valence-corrected chi connectivity index (χ2v) is 9.41. The first-order chi connectivity index (χ1) is 15.8. The Bertz CT molecular complexity index is 981. The summed E-state index contributed by atoms with van der Waals surface area (Å²) in [5.41, 5.74) is 0.873. The third-order valence-electron chi connectivity index (χ3n) is 6.81. The summed E-state index contributed by atoms with van der Waals surface area (Å²) in [6.45, 7) is 4.99. The molecule has 0 amide bonds. The average Bonchev–Trinajstić information content (AvgIpc) is 3.14. The number of hydrogen-bond acceptors (Lipinski definition) is 5. The molecule has 1 aromatic heterocycles. The fraction of sp³-hybridized carbons (Fsp3) is 0.652. The first-order valence-electron chi connectivity index (χ1n) is 11.6. The number of benzene rings is 1. The lowest BCUT2D eigenvalue weighted by Gasteiger charge is -2.33. The number of halogens is 3. The van der Waals surface area contributed by atoms with Crippen LogP contribution in [0.1, 0.15) is 50.9 Å². The summed E-state index contributed by atoms with van der Waals surface area (Å²) in [4.78, 5) is 4.23. The van der Waals surface area contributed by atoms with E-state index in [4.69, 9.17) is 22.1 Å². The maximum absolute atomic E-state index is 13.3. The van der Waals surface area contributed by atoms with Gasteiger partial charge in [0.15, 0.2) is 5.82 Å². The highest BCUT2D eigenvalue weighted by molar-refractivity contribution is 7.71. The quantitative estimate of drug-likeness (QED) is 0.529. The Balaban J connectivity index is 1.66. The minimum Gasteiger partial charge on any atom is -0.497 e. The van der Waals surface area contributed by atoms with E-state index < -0.39 is 12.1 Å². The highest BCUT2D eigenvalue weighted by Crippen LogP contribution is 2.33. The van der Waals surface area contributed by atoms with Crippen LogP contribution >= 0.6 is 12.2 Å². The maximum atomic E-state index is 13.3. The largest absolute Gasteiger partial charge is 0.497 e. The van der Waals surface area contributed by atoms with Gasteiger partial charge in [0.05, 0.1) is 25.7 Å². The van der Waals surface area contributed by atoms with Gasteiger partial charge in [-0.3, -0.25) is 14.4 Å². The Labute approximate surface area is 197 Å². The summed E-state index contributed by atoms with van der Waals surface area (Å²) >= 11 is 5.81. The molecule has 1 aromatic carbocycles. The molecule has 0 bridgehead atoms. The van der Waals surface area contributed by atoms with Crippen molar-refractivity contribution in [2.75, 3.05) is 33.3 Å². The van der Waals surface area contributed by atoms with Crippen LogP contribution in [0, 0.1) is 10.7 Å². The molecule has 0 radical (unpaired) electrons. The molecule has 6 nitrogen and oxygen atoms in total. The third kappa shape index (κ3) is 5.44. The van der Waals surface area contributed by atoms with Crippen molar-refractivity contribution >= 4 is 12.2 Å². The molecular formula is C23H32F3N5OS. The molecule has 2 aromatic rings. The molecule has 33 heavy (non-hydrogen) atoms. The fourth-order valence-electron chi connectivity index (χ4n) is 4.87. The number of alkyl halides is 3. The van der Waals surface area contributed by atoms with Gasteiger partial charge in [0, 0.05) is 12.2 Å². The zero-order valence-corrected chi connectivity index (χ0v) is 20.0. The number of likely N-dealkylation sites (tertiary alicyclic amines) is 2. The van der Waals surface area contributed by atoms with Gasteiger partial charge in [-0.25, -0.2) is 4.68 Å². The van der Waals surface area contributed by atoms with Crippen molar-refractivity contribution in [3.8, 4) is 11.4 Å². The van der Waals surface area contributed by atoms with Gasteiger partial charge in [0.1, 0.15) is 5.75 Å². The van der Waals surface area contributed by atoms with Crippen molar-refractivity contribution in [1.82, 2.24) is 24.1 Å². The van der Waals surface area contributed by atoms with Crippen LogP contribution in [0.25, 0.3) is 5.69 Å². The zero-order valence-electron chi connectivity index (χ0n) is 19.2. The van der Waals surface area contributed by atoms with E-state index in [9.17, 15) is 13.2 Å². The van der Waals surface area contributed by atoms with E-state index in [1.165, 1.54) is 6.42 Å². The SMILES string of the molecule is COc1ccc(-n2c([C@@H](C)N3CCCCC3)nn(CN3CCC[C@H](C(F)(F)F)C3)c2=S)cc1. The number of piperidine rings is 2. The van der Waals surface area contributed by atoms with Gasteiger partial charge in [0.2, 0.25) is 4.77 Å². The number of methoxy groups -OCH3 is 1. The molecule has 2 fully saturated rings. The standard InChI is InChI=1S/C23H32F3N5OS/c1-17(29-13-4-3-5-14-29)21-27-30(16-28-12-6-7-18(15-28)23(24,25)26)22(33)31(21)19-8-10-20(32-2)11-9-19/h8-11,17-18H,3-7,12-16H2,1-2H3/t17-,18+/m1/s1. The minimum absolute atomic E-state index is 0.0162. The highest BCUT2D eigenvalue weighted by atomic mass is 32.1. The predicted octanol–water partition coefficient (Wildman–Crippen LogP) is 5.19. The van der Waals surface area contributed by atoms with E-state index in [1.54, 1.807) is 11.8 Å². The van der Waals surface area contributed by atoms with Crippen LogP contribution in [0.15, 0.2) is 24.3 Å². The predicted molar refractivity (Wildman–Crippen MR) is 123 cm³/mol. The molecule has 2 aliphatic heterocycles. The van der Waals surface area contributed by atoms with Crippen LogP contribution in [0.3, 0.4) is 0 Å². The molecule has 3 heterocycles. The van der Waals surface area contributed by atoms with Crippen LogP contribution in [0.2, 0.25) is 0 Å². The van der Waals surface area contributed by atoms with Gasteiger partial charge in [-0.1, -0.05) is 6.42 Å². The molecule has 10 heteroatoms. The second kappa shape index (κ2) is 10.1. The average molecular weight is 484 g/mol. The lowest BCUT2D eigenvalue weighted by atomic mass is 9.98. The van der Waals surface area contributed by atoms with Crippen molar-refractivity contribution < 1.29 is 17.9 Å². The lowest BCUT2D eigenvalue weighted by molar-refractivity contribution is -0.188. The zero-order chi connectivity index (χ0) is 23.6. The Hall–Kier alpha value is -1.91. The van der Waals surface area contributed by atoms with E-state index in [-0.39, 0.29) is 25.7 Å². The summed E-state index contributed by atoms with van der Waals surface area (Å²) in [6, 6.07) is 7.67. The molecule has 182 valence electrons. The number of rotatable bonds is 6.